The van der Waals surface area contributed by atoms with Gasteiger partial charge in [0.25, 0.3) is 0 Å². The topological polar surface area (TPSA) is 86.7 Å². The highest BCUT2D eigenvalue weighted by Crippen LogP contribution is 2.15. The first kappa shape index (κ1) is 11.5. The van der Waals surface area contributed by atoms with Crippen molar-refractivity contribution < 1.29 is 5.11 Å². The third-order valence-electron chi connectivity index (χ3n) is 2.37. The first-order chi connectivity index (χ1) is 8.20. The van der Waals surface area contributed by atoms with Crippen LogP contribution >= 0.6 is 0 Å². The minimum absolute atomic E-state index is 0.0647. The van der Waals surface area contributed by atoms with Crippen LogP contribution in [0.15, 0.2) is 24.3 Å². The summed E-state index contributed by atoms with van der Waals surface area (Å²) in [7, 11) is 0. The van der Waals surface area contributed by atoms with Gasteiger partial charge in [0.15, 0.2) is 11.5 Å². The maximum atomic E-state index is 8.95. The van der Waals surface area contributed by atoms with E-state index in [1.165, 1.54) is 6.33 Å². The van der Waals surface area contributed by atoms with Gasteiger partial charge in [0, 0.05) is 6.04 Å². The lowest BCUT2D eigenvalue weighted by molar-refractivity contribution is 0.331. The zero-order valence-electron chi connectivity index (χ0n) is 9.81. The van der Waals surface area contributed by atoms with Gasteiger partial charge < -0.3 is 15.4 Å². The Morgan fingerprint density at radius 1 is 1.53 bits per heavy atom. The number of anilines is 1. The lowest BCUT2D eigenvalue weighted by Gasteiger charge is -2.11. The average molecular weight is 233 g/mol. The van der Waals surface area contributed by atoms with Crippen molar-refractivity contribution in [3.63, 3.8) is 0 Å². The van der Waals surface area contributed by atoms with Crippen LogP contribution < -0.4 is 5.32 Å². The van der Waals surface area contributed by atoms with E-state index in [1.807, 2.05) is 19.9 Å². The fourth-order valence-corrected chi connectivity index (χ4v) is 1.61. The third-order valence-corrected chi connectivity index (χ3v) is 2.37. The molecule has 0 aliphatic carbocycles. The molecule has 0 saturated carbocycles. The molecule has 2 rings (SSSR count). The standard InChI is InChI=1S/C11H15N5O/c1-7(4-17)3-8(2)16-11-9-10(13-5-12-9)14-6-15-11/h3,5-6,8,17H,4H2,1-2H3,(H2,12,13,14,15,16)/b7-3+. The van der Waals surface area contributed by atoms with Crippen LogP contribution in [0.5, 0.6) is 0 Å². The minimum atomic E-state index is 0.0647. The molecule has 1 atom stereocenters. The van der Waals surface area contributed by atoms with E-state index in [1.54, 1.807) is 6.33 Å². The Bertz CT molecular complexity index is 533. The third kappa shape index (κ3) is 2.59. The largest absolute Gasteiger partial charge is 0.392 e. The highest BCUT2D eigenvalue weighted by molar-refractivity contribution is 5.82. The second-order valence-corrected chi connectivity index (χ2v) is 3.93. The molecular formula is C11H15N5O. The molecule has 1 unspecified atom stereocenters. The number of aromatic amines is 1. The van der Waals surface area contributed by atoms with E-state index in [0.29, 0.717) is 11.5 Å². The highest BCUT2D eigenvalue weighted by atomic mass is 16.3. The zero-order valence-corrected chi connectivity index (χ0v) is 9.81. The normalized spacial score (nSPS) is 13.9. The van der Waals surface area contributed by atoms with Gasteiger partial charge in [-0.05, 0) is 13.8 Å². The van der Waals surface area contributed by atoms with Crippen molar-refractivity contribution in [2.75, 3.05) is 11.9 Å². The summed E-state index contributed by atoms with van der Waals surface area (Å²) >= 11 is 0. The average Bonchev–Trinajstić information content (AvgIpc) is 2.78. The fourth-order valence-electron chi connectivity index (χ4n) is 1.61. The summed E-state index contributed by atoms with van der Waals surface area (Å²) in [5, 5.41) is 12.2. The summed E-state index contributed by atoms with van der Waals surface area (Å²) in [6.45, 7) is 3.93. The molecular weight excluding hydrogens is 218 g/mol. The molecule has 0 amide bonds. The molecule has 6 heteroatoms. The molecule has 0 spiro atoms. The van der Waals surface area contributed by atoms with Gasteiger partial charge in [0.1, 0.15) is 11.8 Å². The quantitative estimate of drug-likeness (QED) is 0.688. The smallest absolute Gasteiger partial charge is 0.182 e. The maximum Gasteiger partial charge on any atom is 0.182 e. The van der Waals surface area contributed by atoms with Crippen molar-refractivity contribution >= 4 is 17.0 Å². The molecule has 0 saturated heterocycles. The molecule has 2 aromatic heterocycles. The van der Waals surface area contributed by atoms with Crippen LogP contribution in [0.25, 0.3) is 11.2 Å². The van der Waals surface area contributed by atoms with Crippen molar-refractivity contribution in [2.24, 2.45) is 0 Å². The summed E-state index contributed by atoms with van der Waals surface area (Å²) in [5.41, 5.74) is 2.34. The molecule has 2 heterocycles. The van der Waals surface area contributed by atoms with Crippen molar-refractivity contribution in [2.45, 2.75) is 19.9 Å². The van der Waals surface area contributed by atoms with Crippen molar-refractivity contribution in [3.8, 4) is 0 Å². The van der Waals surface area contributed by atoms with Gasteiger partial charge in [0.2, 0.25) is 0 Å². The number of nitrogens with zero attached hydrogens (tertiary/aromatic N) is 3. The van der Waals surface area contributed by atoms with Crippen molar-refractivity contribution in [1.29, 1.82) is 0 Å². The number of hydrogen-bond donors (Lipinski definition) is 3. The molecule has 0 fully saturated rings. The van der Waals surface area contributed by atoms with Crippen LogP contribution in [0.1, 0.15) is 13.8 Å². The summed E-state index contributed by atoms with van der Waals surface area (Å²) in [4.78, 5) is 15.3. The number of aromatic nitrogens is 4. The van der Waals surface area contributed by atoms with Gasteiger partial charge in [-0.25, -0.2) is 15.0 Å². The molecule has 17 heavy (non-hydrogen) atoms. The summed E-state index contributed by atoms with van der Waals surface area (Å²) in [6, 6.07) is 0.0727. The Balaban J connectivity index is 2.21. The highest BCUT2D eigenvalue weighted by Gasteiger charge is 2.07. The summed E-state index contributed by atoms with van der Waals surface area (Å²) in [6.07, 6.45) is 5.01. The Morgan fingerprint density at radius 2 is 2.35 bits per heavy atom. The Kier molecular flexibility index (Phi) is 3.34. The van der Waals surface area contributed by atoms with Gasteiger partial charge in [-0.2, -0.15) is 0 Å². The molecule has 0 aromatic carbocycles. The molecule has 90 valence electrons. The summed E-state index contributed by atoms with van der Waals surface area (Å²) < 4.78 is 0. The number of nitrogens with one attached hydrogen (secondary N) is 2. The van der Waals surface area contributed by atoms with E-state index in [4.69, 9.17) is 5.11 Å². The van der Waals surface area contributed by atoms with Gasteiger partial charge >= 0.3 is 0 Å². The van der Waals surface area contributed by atoms with E-state index in [-0.39, 0.29) is 12.6 Å². The van der Waals surface area contributed by atoms with Crippen LogP contribution in [-0.2, 0) is 0 Å². The van der Waals surface area contributed by atoms with E-state index >= 15 is 0 Å². The van der Waals surface area contributed by atoms with Crippen LogP contribution in [0.4, 0.5) is 5.82 Å². The Morgan fingerprint density at radius 3 is 3.12 bits per heavy atom. The maximum absolute atomic E-state index is 8.95. The number of aliphatic hydroxyl groups is 1. The van der Waals surface area contributed by atoms with Gasteiger partial charge in [0.05, 0.1) is 12.9 Å². The van der Waals surface area contributed by atoms with E-state index < -0.39 is 0 Å². The Hall–Kier alpha value is -1.95. The predicted molar refractivity (Wildman–Crippen MR) is 65.6 cm³/mol. The first-order valence-electron chi connectivity index (χ1n) is 5.39. The minimum Gasteiger partial charge on any atom is -0.392 e. The van der Waals surface area contributed by atoms with Crippen LogP contribution in [-0.4, -0.2) is 37.7 Å². The molecule has 0 aliphatic rings. The van der Waals surface area contributed by atoms with Gasteiger partial charge in [-0.1, -0.05) is 11.6 Å². The second kappa shape index (κ2) is 4.92. The number of hydrogen-bond acceptors (Lipinski definition) is 5. The number of imidazole rings is 1. The monoisotopic (exact) mass is 233 g/mol. The Labute approximate surface area is 98.8 Å². The number of H-pyrrole nitrogens is 1. The van der Waals surface area contributed by atoms with E-state index in [9.17, 15) is 0 Å². The fraction of sp³-hybridized carbons (Fsp3) is 0.364. The SMILES string of the molecule is C/C(=C\C(C)Nc1ncnc2nc[nH]c12)CO. The lowest BCUT2D eigenvalue weighted by atomic mass is 10.2. The van der Waals surface area contributed by atoms with Gasteiger partial charge in [-0.15, -0.1) is 0 Å². The number of rotatable bonds is 4. The van der Waals surface area contributed by atoms with Crippen molar-refractivity contribution in [1.82, 2.24) is 19.9 Å². The molecule has 3 N–H and O–H groups in total. The molecule has 6 nitrogen and oxygen atoms in total. The van der Waals surface area contributed by atoms with Crippen LogP contribution in [0.2, 0.25) is 0 Å². The summed E-state index contributed by atoms with van der Waals surface area (Å²) in [5.74, 6) is 0.710. The van der Waals surface area contributed by atoms with Gasteiger partial charge in [-0.3, -0.25) is 0 Å². The number of fused-ring (bicyclic) bond motifs is 1. The molecule has 0 bridgehead atoms. The predicted octanol–water partition coefficient (Wildman–Crippen LogP) is 1.09. The molecule has 0 radical (unpaired) electrons. The first-order valence-corrected chi connectivity index (χ1v) is 5.39. The number of aliphatic hydroxyl groups excluding tert-OH is 1. The molecule has 2 aromatic rings. The lowest BCUT2D eigenvalue weighted by Crippen LogP contribution is -2.14. The van der Waals surface area contributed by atoms with E-state index in [2.05, 4.69) is 25.3 Å². The second-order valence-electron chi connectivity index (χ2n) is 3.93. The van der Waals surface area contributed by atoms with Crippen molar-refractivity contribution in [3.05, 3.63) is 24.3 Å². The van der Waals surface area contributed by atoms with Crippen LogP contribution in [0, 0.1) is 0 Å². The molecule has 0 aliphatic heterocycles. The zero-order chi connectivity index (χ0) is 12.3. The van der Waals surface area contributed by atoms with E-state index in [0.717, 1.165) is 11.1 Å². The van der Waals surface area contributed by atoms with Crippen LogP contribution in [0.3, 0.4) is 0 Å².